The number of hydrogen-bond donors (Lipinski definition) is 1. The smallest absolute Gasteiger partial charge is 0.229 e. The van der Waals surface area contributed by atoms with Gasteiger partial charge in [0.2, 0.25) is 5.95 Å². The van der Waals surface area contributed by atoms with Crippen molar-refractivity contribution in [1.82, 2.24) is 15.0 Å². The molecule has 5 rings (SSSR count). The molecule has 0 radical (unpaired) electrons. The van der Waals surface area contributed by atoms with E-state index in [2.05, 4.69) is 68.6 Å². The number of anilines is 5. The maximum Gasteiger partial charge on any atom is 0.229 e. The molecule has 1 N–H and O–H groups in total. The topological polar surface area (TPSA) is 60.4 Å². The van der Waals surface area contributed by atoms with E-state index in [4.69, 9.17) is 9.97 Å². The Morgan fingerprint density at radius 3 is 2.34 bits per heavy atom. The van der Waals surface area contributed by atoms with Crippen LogP contribution in [0.4, 0.5) is 29.1 Å². The third kappa shape index (κ3) is 4.14. The monoisotopic (exact) mass is 425 g/mol. The lowest BCUT2D eigenvalue weighted by Gasteiger charge is -2.35. The highest BCUT2D eigenvalue weighted by atomic mass is 15.3. The average Bonchev–Trinajstić information content (AvgIpc) is 2.85. The molecule has 0 amide bonds. The normalized spacial score (nSPS) is 13.9. The standard InChI is InChI=1S/C25H27N7/c1-30(2)24-18-22(27-21-11-7-9-19-8-3-4-10-20(19)21)28-25(29-24)32-16-14-31(15-17-32)23-12-5-6-13-26-23/h3-13,18H,14-17H2,1-2H3,(H,27,28,29). The number of aromatic nitrogens is 3. The van der Waals surface area contributed by atoms with Crippen LogP contribution in [0.5, 0.6) is 0 Å². The molecule has 2 aromatic carbocycles. The zero-order chi connectivity index (χ0) is 21.9. The van der Waals surface area contributed by atoms with E-state index in [9.17, 15) is 0 Å². The van der Waals surface area contributed by atoms with Crippen LogP contribution < -0.4 is 20.0 Å². The van der Waals surface area contributed by atoms with Crippen LogP contribution in [0.2, 0.25) is 0 Å². The summed E-state index contributed by atoms with van der Waals surface area (Å²) in [6.07, 6.45) is 1.84. The van der Waals surface area contributed by atoms with Crippen molar-refractivity contribution in [1.29, 1.82) is 0 Å². The number of rotatable bonds is 5. The minimum absolute atomic E-state index is 0.750. The van der Waals surface area contributed by atoms with Crippen LogP contribution in [0.15, 0.2) is 72.9 Å². The number of fused-ring (bicyclic) bond motifs is 1. The Hall–Kier alpha value is -3.87. The quantitative estimate of drug-likeness (QED) is 0.515. The summed E-state index contributed by atoms with van der Waals surface area (Å²) in [4.78, 5) is 20.8. The van der Waals surface area contributed by atoms with Gasteiger partial charge < -0.3 is 20.0 Å². The third-order valence-electron chi connectivity index (χ3n) is 5.75. The molecule has 7 nitrogen and oxygen atoms in total. The first-order valence-electron chi connectivity index (χ1n) is 10.9. The van der Waals surface area contributed by atoms with Gasteiger partial charge in [-0.25, -0.2) is 4.98 Å². The van der Waals surface area contributed by atoms with Crippen LogP contribution in [0.25, 0.3) is 10.8 Å². The molecule has 32 heavy (non-hydrogen) atoms. The zero-order valence-corrected chi connectivity index (χ0v) is 18.4. The summed E-state index contributed by atoms with van der Waals surface area (Å²) in [5.41, 5.74) is 1.04. The van der Waals surface area contributed by atoms with E-state index in [1.54, 1.807) is 0 Å². The Bertz CT molecular complexity index is 1200. The Balaban J connectivity index is 1.40. The summed E-state index contributed by atoms with van der Waals surface area (Å²) in [6, 6.07) is 22.7. The van der Waals surface area contributed by atoms with Crippen molar-refractivity contribution in [2.24, 2.45) is 0 Å². The molecular formula is C25H27N7. The van der Waals surface area contributed by atoms with Crippen LogP contribution in [0.3, 0.4) is 0 Å². The van der Waals surface area contributed by atoms with E-state index >= 15 is 0 Å². The predicted molar refractivity (Wildman–Crippen MR) is 132 cm³/mol. The molecule has 1 saturated heterocycles. The fourth-order valence-corrected chi connectivity index (χ4v) is 4.01. The van der Waals surface area contributed by atoms with Crippen LogP contribution in [0.1, 0.15) is 0 Å². The first kappa shape index (κ1) is 20.1. The molecule has 0 unspecified atom stereocenters. The van der Waals surface area contributed by atoms with Gasteiger partial charge in [-0.3, -0.25) is 0 Å². The number of benzene rings is 2. The highest BCUT2D eigenvalue weighted by molar-refractivity contribution is 5.95. The van der Waals surface area contributed by atoms with Crippen LogP contribution in [0, 0.1) is 0 Å². The first-order valence-corrected chi connectivity index (χ1v) is 10.9. The van der Waals surface area contributed by atoms with Crippen LogP contribution >= 0.6 is 0 Å². The Kier molecular flexibility index (Phi) is 5.46. The summed E-state index contributed by atoms with van der Waals surface area (Å²) in [5, 5.41) is 5.90. The minimum atomic E-state index is 0.750. The number of nitrogens with zero attached hydrogens (tertiary/aromatic N) is 6. The molecule has 162 valence electrons. The van der Waals surface area contributed by atoms with Crippen molar-refractivity contribution < 1.29 is 0 Å². The molecule has 0 bridgehead atoms. The van der Waals surface area contributed by atoms with Gasteiger partial charge in [0.1, 0.15) is 17.5 Å². The second-order valence-corrected chi connectivity index (χ2v) is 8.12. The molecular weight excluding hydrogens is 398 g/mol. The highest BCUT2D eigenvalue weighted by Crippen LogP contribution is 2.28. The van der Waals surface area contributed by atoms with E-state index in [-0.39, 0.29) is 0 Å². The molecule has 1 aliphatic heterocycles. The molecule has 3 heterocycles. The van der Waals surface area contributed by atoms with Crippen LogP contribution in [-0.4, -0.2) is 55.2 Å². The van der Waals surface area contributed by atoms with E-state index in [0.29, 0.717) is 0 Å². The first-order chi connectivity index (χ1) is 15.7. The molecule has 0 spiro atoms. The SMILES string of the molecule is CN(C)c1cc(Nc2cccc3ccccc23)nc(N2CCN(c3ccccn3)CC2)n1. The van der Waals surface area contributed by atoms with Gasteiger partial charge in [0.15, 0.2) is 0 Å². The van der Waals surface area contributed by atoms with E-state index < -0.39 is 0 Å². The highest BCUT2D eigenvalue weighted by Gasteiger charge is 2.21. The van der Waals surface area contributed by atoms with Gasteiger partial charge in [-0.05, 0) is 23.6 Å². The second kappa shape index (κ2) is 8.70. The molecule has 1 aliphatic rings. The number of nitrogens with one attached hydrogen (secondary N) is 1. The fourth-order valence-electron chi connectivity index (χ4n) is 4.01. The molecule has 2 aromatic heterocycles. The fraction of sp³-hybridized carbons (Fsp3) is 0.240. The molecule has 1 fully saturated rings. The van der Waals surface area contributed by atoms with Crippen molar-refractivity contribution in [3.63, 3.8) is 0 Å². The summed E-state index contributed by atoms with van der Waals surface area (Å²) in [7, 11) is 4.01. The maximum absolute atomic E-state index is 4.88. The molecule has 7 heteroatoms. The Labute approximate surface area is 188 Å². The van der Waals surface area contributed by atoms with Crippen molar-refractivity contribution >= 4 is 39.9 Å². The van der Waals surface area contributed by atoms with Gasteiger partial charge in [-0.1, -0.05) is 42.5 Å². The van der Waals surface area contributed by atoms with Gasteiger partial charge in [-0.2, -0.15) is 9.97 Å². The Morgan fingerprint density at radius 1 is 0.812 bits per heavy atom. The number of piperazine rings is 1. The molecule has 0 aliphatic carbocycles. The lowest BCUT2D eigenvalue weighted by Crippen LogP contribution is -2.47. The average molecular weight is 426 g/mol. The molecule has 4 aromatic rings. The summed E-state index contributed by atoms with van der Waals surface area (Å²) in [5.74, 6) is 3.44. The maximum atomic E-state index is 4.88. The van der Waals surface area contributed by atoms with Crippen molar-refractivity contribution in [2.75, 3.05) is 60.3 Å². The molecule has 0 saturated carbocycles. The predicted octanol–water partition coefficient (Wildman–Crippen LogP) is 4.16. The number of pyridine rings is 1. The number of hydrogen-bond acceptors (Lipinski definition) is 7. The summed E-state index contributed by atoms with van der Waals surface area (Å²) in [6.45, 7) is 3.47. The van der Waals surface area contributed by atoms with Crippen molar-refractivity contribution in [2.45, 2.75) is 0 Å². The third-order valence-corrected chi connectivity index (χ3v) is 5.75. The van der Waals surface area contributed by atoms with E-state index in [1.165, 1.54) is 10.8 Å². The summed E-state index contributed by atoms with van der Waals surface area (Å²) < 4.78 is 0. The largest absolute Gasteiger partial charge is 0.363 e. The van der Waals surface area contributed by atoms with Crippen molar-refractivity contribution in [3.8, 4) is 0 Å². The van der Waals surface area contributed by atoms with E-state index in [1.807, 2.05) is 43.4 Å². The van der Waals surface area contributed by atoms with Gasteiger partial charge in [0.05, 0.1) is 0 Å². The van der Waals surface area contributed by atoms with Gasteiger partial charge in [0.25, 0.3) is 0 Å². The van der Waals surface area contributed by atoms with Gasteiger partial charge >= 0.3 is 0 Å². The lowest BCUT2D eigenvalue weighted by molar-refractivity contribution is 0.635. The molecule has 0 atom stereocenters. The lowest BCUT2D eigenvalue weighted by atomic mass is 10.1. The van der Waals surface area contributed by atoms with E-state index in [0.717, 1.165) is 55.3 Å². The zero-order valence-electron chi connectivity index (χ0n) is 18.4. The van der Waals surface area contributed by atoms with Gasteiger partial charge in [-0.15, -0.1) is 0 Å². The second-order valence-electron chi connectivity index (χ2n) is 8.12. The Morgan fingerprint density at radius 2 is 1.56 bits per heavy atom. The van der Waals surface area contributed by atoms with Crippen LogP contribution in [-0.2, 0) is 0 Å². The summed E-state index contributed by atoms with van der Waals surface area (Å²) >= 11 is 0. The van der Waals surface area contributed by atoms with Gasteiger partial charge in [0, 0.05) is 63.6 Å². The van der Waals surface area contributed by atoms with Crippen molar-refractivity contribution in [3.05, 3.63) is 72.9 Å². The minimum Gasteiger partial charge on any atom is -0.363 e.